The molecule has 134 valence electrons. The van der Waals surface area contributed by atoms with Crippen LogP contribution in [0.1, 0.15) is 29.0 Å². The van der Waals surface area contributed by atoms with Crippen LogP contribution in [0.3, 0.4) is 0 Å². The summed E-state index contributed by atoms with van der Waals surface area (Å²) < 4.78 is 1.70. The van der Waals surface area contributed by atoms with E-state index in [2.05, 4.69) is 25.9 Å². The third-order valence-corrected chi connectivity index (χ3v) is 4.94. The summed E-state index contributed by atoms with van der Waals surface area (Å²) in [4.78, 5) is 16.8. The molecule has 26 heavy (non-hydrogen) atoms. The molecule has 1 aliphatic rings. The van der Waals surface area contributed by atoms with Crippen molar-refractivity contribution in [3.63, 3.8) is 0 Å². The molecule has 3 heterocycles. The Kier molecular flexibility index (Phi) is 4.62. The second kappa shape index (κ2) is 7.21. The van der Waals surface area contributed by atoms with Gasteiger partial charge in [0.05, 0.1) is 16.9 Å². The first-order chi connectivity index (χ1) is 12.7. The molecule has 7 heteroatoms. The summed E-state index contributed by atoms with van der Waals surface area (Å²) in [6.07, 6.45) is 3.94. The summed E-state index contributed by atoms with van der Waals surface area (Å²) in [6, 6.07) is 9.79. The lowest BCUT2D eigenvalue weighted by molar-refractivity contribution is 0.0946. The Hall–Kier alpha value is -2.80. The van der Waals surface area contributed by atoms with Gasteiger partial charge in [0, 0.05) is 18.1 Å². The van der Waals surface area contributed by atoms with E-state index >= 15 is 0 Å². The van der Waals surface area contributed by atoms with Gasteiger partial charge in [-0.3, -0.25) is 9.78 Å². The maximum Gasteiger partial charge on any atom is 0.273 e. The number of hydrogen-bond acceptors (Lipinski definition) is 5. The molecule has 0 saturated carbocycles. The van der Waals surface area contributed by atoms with Crippen LogP contribution in [-0.4, -0.2) is 45.5 Å². The summed E-state index contributed by atoms with van der Waals surface area (Å²) in [5.74, 6) is 0.487. The molecular formula is C19H22N6O. The minimum absolute atomic E-state index is 0.165. The number of aromatic nitrogens is 4. The molecular weight excluding hydrogens is 328 g/mol. The first-order valence-electron chi connectivity index (χ1n) is 8.99. The summed E-state index contributed by atoms with van der Waals surface area (Å²) in [5.41, 5.74) is 2.90. The summed E-state index contributed by atoms with van der Waals surface area (Å²) in [7, 11) is 0. The second-order valence-electron chi connectivity index (χ2n) is 6.72. The smallest absolute Gasteiger partial charge is 0.273 e. The number of pyridine rings is 1. The third kappa shape index (κ3) is 3.30. The second-order valence-corrected chi connectivity index (χ2v) is 6.72. The summed E-state index contributed by atoms with van der Waals surface area (Å²) in [5, 5.41) is 15.6. The molecule has 0 radical (unpaired) electrons. The zero-order valence-electron chi connectivity index (χ0n) is 14.8. The van der Waals surface area contributed by atoms with E-state index in [4.69, 9.17) is 0 Å². The quantitative estimate of drug-likeness (QED) is 0.734. The van der Waals surface area contributed by atoms with Crippen LogP contribution < -0.4 is 10.6 Å². The molecule has 1 aliphatic heterocycles. The zero-order valence-corrected chi connectivity index (χ0v) is 14.8. The van der Waals surface area contributed by atoms with Gasteiger partial charge in [0.2, 0.25) is 0 Å². The predicted molar refractivity (Wildman–Crippen MR) is 99.3 cm³/mol. The van der Waals surface area contributed by atoms with Crippen molar-refractivity contribution >= 4 is 16.8 Å². The molecule has 0 bridgehead atoms. The Labute approximate surface area is 151 Å². The van der Waals surface area contributed by atoms with Gasteiger partial charge >= 0.3 is 0 Å². The van der Waals surface area contributed by atoms with Gasteiger partial charge in [0.15, 0.2) is 5.69 Å². The topological polar surface area (TPSA) is 84.7 Å². The lowest BCUT2D eigenvalue weighted by atomic mass is 10.1. The fourth-order valence-corrected chi connectivity index (χ4v) is 3.41. The number of nitrogens with one attached hydrogen (secondary N) is 2. The molecule has 7 nitrogen and oxygen atoms in total. The highest BCUT2D eigenvalue weighted by Gasteiger charge is 2.19. The summed E-state index contributed by atoms with van der Waals surface area (Å²) in [6.45, 7) is 4.65. The molecule has 0 spiro atoms. The number of carbonyl (C=O) groups is 1. The van der Waals surface area contributed by atoms with Crippen molar-refractivity contribution in [2.24, 2.45) is 5.92 Å². The van der Waals surface area contributed by atoms with Crippen LogP contribution in [0.25, 0.3) is 16.6 Å². The summed E-state index contributed by atoms with van der Waals surface area (Å²) >= 11 is 0. The van der Waals surface area contributed by atoms with Gasteiger partial charge in [0.25, 0.3) is 5.91 Å². The average Bonchev–Trinajstić information content (AvgIpc) is 3.31. The lowest BCUT2D eigenvalue weighted by Crippen LogP contribution is -2.27. The molecule has 0 aliphatic carbocycles. The molecule has 2 N–H and O–H groups in total. The van der Waals surface area contributed by atoms with Gasteiger partial charge in [-0.25, -0.2) is 4.68 Å². The van der Waals surface area contributed by atoms with E-state index in [1.807, 2.05) is 37.3 Å². The molecule has 4 rings (SSSR count). The van der Waals surface area contributed by atoms with E-state index in [0.29, 0.717) is 18.2 Å². The largest absolute Gasteiger partial charge is 0.351 e. The van der Waals surface area contributed by atoms with E-state index in [1.54, 1.807) is 10.9 Å². The van der Waals surface area contributed by atoms with E-state index in [1.165, 1.54) is 6.42 Å². The Bertz CT molecular complexity index is 929. The van der Waals surface area contributed by atoms with Gasteiger partial charge in [-0.1, -0.05) is 11.3 Å². The average molecular weight is 350 g/mol. The van der Waals surface area contributed by atoms with Crippen molar-refractivity contribution in [3.8, 4) is 5.69 Å². The first-order valence-corrected chi connectivity index (χ1v) is 8.99. The Morgan fingerprint density at radius 3 is 3.15 bits per heavy atom. The van der Waals surface area contributed by atoms with Crippen LogP contribution in [0.5, 0.6) is 0 Å². The van der Waals surface area contributed by atoms with Crippen molar-refractivity contribution in [1.29, 1.82) is 0 Å². The lowest BCUT2D eigenvalue weighted by Gasteiger charge is -2.09. The zero-order chi connectivity index (χ0) is 17.9. The highest BCUT2D eigenvalue weighted by atomic mass is 16.2. The van der Waals surface area contributed by atoms with Gasteiger partial charge in [0.1, 0.15) is 0 Å². The highest BCUT2D eigenvalue weighted by Crippen LogP contribution is 2.18. The molecule has 1 fully saturated rings. The van der Waals surface area contributed by atoms with E-state index < -0.39 is 0 Å². The number of amides is 1. The number of carbonyl (C=O) groups excluding carboxylic acids is 1. The molecule has 1 saturated heterocycles. The molecule has 1 amide bonds. The number of fused-ring (bicyclic) bond motifs is 1. The normalized spacial score (nSPS) is 16.9. The molecule has 1 unspecified atom stereocenters. The van der Waals surface area contributed by atoms with E-state index in [-0.39, 0.29) is 5.91 Å². The van der Waals surface area contributed by atoms with Crippen LogP contribution in [0.4, 0.5) is 0 Å². The minimum atomic E-state index is -0.165. The fourth-order valence-electron chi connectivity index (χ4n) is 3.41. The van der Waals surface area contributed by atoms with Crippen LogP contribution in [0, 0.1) is 12.8 Å². The van der Waals surface area contributed by atoms with Crippen LogP contribution in [0.15, 0.2) is 36.5 Å². The van der Waals surface area contributed by atoms with E-state index in [9.17, 15) is 4.79 Å². The molecule has 2 aromatic heterocycles. The first kappa shape index (κ1) is 16.7. The van der Waals surface area contributed by atoms with Crippen LogP contribution in [0.2, 0.25) is 0 Å². The van der Waals surface area contributed by atoms with E-state index in [0.717, 1.165) is 41.8 Å². The van der Waals surface area contributed by atoms with Crippen LogP contribution >= 0.6 is 0 Å². The number of rotatable bonds is 5. The molecule has 1 aromatic carbocycles. The van der Waals surface area contributed by atoms with Gasteiger partial charge in [-0.2, -0.15) is 0 Å². The highest BCUT2D eigenvalue weighted by molar-refractivity contribution is 5.93. The Morgan fingerprint density at radius 1 is 1.38 bits per heavy atom. The molecule has 3 aromatic rings. The predicted octanol–water partition coefficient (Wildman–Crippen LogP) is 1.85. The van der Waals surface area contributed by atoms with Gasteiger partial charge in [-0.05, 0) is 63.0 Å². The van der Waals surface area contributed by atoms with Crippen LogP contribution in [-0.2, 0) is 0 Å². The van der Waals surface area contributed by atoms with Crippen molar-refractivity contribution in [2.75, 3.05) is 19.6 Å². The Balaban J connectivity index is 1.48. The van der Waals surface area contributed by atoms with Crippen molar-refractivity contribution in [1.82, 2.24) is 30.6 Å². The maximum atomic E-state index is 12.4. The minimum Gasteiger partial charge on any atom is -0.351 e. The Morgan fingerprint density at radius 2 is 2.31 bits per heavy atom. The number of benzene rings is 1. The third-order valence-electron chi connectivity index (χ3n) is 4.94. The fraction of sp³-hybridized carbons (Fsp3) is 0.368. The van der Waals surface area contributed by atoms with Gasteiger partial charge < -0.3 is 10.6 Å². The maximum absolute atomic E-state index is 12.4. The number of nitrogens with zero attached hydrogens (tertiary/aromatic N) is 4. The van der Waals surface area contributed by atoms with Crippen molar-refractivity contribution in [2.45, 2.75) is 19.8 Å². The monoisotopic (exact) mass is 350 g/mol. The van der Waals surface area contributed by atoms with Crippen molar-refractivity contribution < 1.29 is 4.79 Å². The standard InChI is InChI=1S/C19H22N6O/c1-13-18(19(26)22-10-7-14-6-9-20-12-14)23-24-25(13)16-4-5-17-15(11-16)3-2-8-21-17/h2-5,8,11,14,20H,6-7,9-10,12H2,1H3,(H,22,26). The number of hydrogen-bond donors (Lipinski definition) is 2. The molecule has 1 atom stereocenters. The SMILES string of the molecule is Cc1c(C(=O)NCCC2CCNC2)nnn1-c1ccc2ncccc2c1. The van der Waals surface area contributed by atoms with Crippen molar-refractivity contribution in [3.05, 3.63) is 47.9 Å². The van der Waals surface area contributed by atoms with Gasteiger partial charge in [-0.15, -0.1) is 5.10 Å².